The van der Waals surface area contributed by atoms with E-state index in [1.165, 1.54) is 25.1 Å². The first-order chi connectivity index (χ1) is 16.5. The molecular weight excluding hydrogens is 458 g/mol. The maximum absolute atomic E-state index is 12.3. The Morgan fingerprint density at radius 3 is 2.62 bits per heavy atom. The van der Waals surface area contributed by atoms with Crippen LogP contribution in [-0.4, -0.2) is 61.3 Å². The zero-order valence-electron chi connectivity index (χ0n) is 18.8. The van der Waals surface area contributed by atoms with Crippen molar-refractivity contribution in [1.29, 1.82) is 0 Å². The number of urea groups is 2. The average Bonchev–Trinajstić information content (AvgIpc) is 3.34. The van der Waals surface area contributed by atoms with Crippen molar-refractivity contribution in [3.05, 3.63) is 53.0 Å². The van der Waals surface area contributed by atoms with Crippen LogP contribution in [0.2, 0.25) is 5.02 Å². The normalized spacial score (nSPS) is 13.1. The van der Waals surface area contributed by atoms with Crippen molar-refractivity contribution in [2.24, 2.45) is 0 Å². The summed E-state index contributed by atoms with van der Waals surface area (Å²) in [5.74, 6) is 0.755. The van der Waals surface area contributed by atoms with E-state index in [0.29, 0.717) is 54.1 Å². The molecule has 4 amide bonds. The van der Waals surface area contributed by atoms with Crippen LogP contribution in [0.4, 0.5) is 26.8 Å². The summed E-state index contributed by atoms with van der Waals surface area (Å²) in [4.78, 5) is 33.8. The van der Waals surface area contributed by atoms with Crippen molar-refractivity contribution >= 4 is 40.9 Å². The van der Waals surface area contributed by atoms with E-state index in [2.05, 4.69) is 36.0 Å². The van der Waals surface area contributed by atoms with Gasteiger partial charge in [-0.3, -0.25) is 10.3 Å². The number of nitrogens with one attached hydrogen (secondary N) is 4. The van der Waals surface area contributed by atoms with E-state index in [9.17, 15) is 9.59 Å². The zero-order valence-corrected chi connectivity index (χ0v) is 19.5. The molecule has 1 aromatic heterocycles. The molecule has 0 atom stereocenters. The van der Waals surface area contributed by atoms with Gasteiger partial charge in [0.1, 0.15) is 11.6 Å². The summed E-state index contributed by atoms with van der Waals surface area (Å²) in [5, 5.41) is 11.4. The molecule has 0 unspecified atom stereocenters. The summed E-state index contributed by atoms with van der Waals surface area (Å²) in [7, 11) is 0. The lowest BCUT2D eigenvalue weighted by atomic mass is 10.3. The third-order valence-corrected chi connectivity index (χ3v) is 5.32. The van der Waals surface area contributed by atoms with Crippen molar-refractivity contribution in [3.8, 4) is 5.75 Å². The first-order valence-corrected chi connectivity index (χ1v) is 11.5. The third kappa shape index (κ3) is 8.42. The molecule has 0 radical (unpaired) electrons. The van der Waals surface area contributed by atoms with Crippen LogP contribution in [0.5, 0.6) is 5.75 Å². The summed E-state index contributed by atoms with van der Waals surface area (Å²) in [6.45, 7) is 11.5. The monoisotopic (exact) mass is 485 g/mol. The summed E-state index contributed by atoms with van der Waals surface area (Å²) in [6.07, 6.45) is 4.43. The third-order valence-electron chi connectivity index (χ3n) is 5.08. The fourth-order valence-electron chi connectivity index (χ4n) is 3.37. The summed E-state index contributed by atoms with van der Waals surface area (Å²) in [5.41, 5.74) is 0.779. The van der Waals surface area contributed by atoms with Crippen molar-refractivity contribution in [3.63, 3.8) is 0 Å². The Morgan fingerprint density at radius 1 is 1.09 bits per heavy atom. The second-order valence-electron chi connectivity index (χ2n) is 7.67. The number of pyridine rings is 1. The second-order valence-corrected chi connectivity index (χ2v) is 8.10. The Balaban J connectivity index is 1.38. The molecule has 1 aromatic carbocycles. The summed E-state index contributed by atoms with van der Waals surface area (Å²) < 4.78 is 5.78. The lowest BCUT2D eigenvalue weighted by Crippen LogP contribution is -2.40. The predicted molar refractivity (Wildman–Crippen MR) is 132 cm³/mol. The van der Waals surface area contributed by atoms with Crippen LogP contribution in [-0.2, 0) is 0 Å². The SMILES string of the molecule is [C-]#[N+]c1ccc(NC(=O)Nc2cc(Cl)ccc2OCCCNC(=O)NCCN2CCCC2)nc1. The Hall–Kier alpha value is -3.55. The molecule has 1 fully saturated rings. The zero-order chi connectivity index (χ0) is 24.2. The number of amides is 4. The number of anilines is 2. The van der Waals surface area contributed by atoms with Crippen LogP contribution >= 0.6 is 11.6 Å². The second kappa shape index (κ2) is 13.2. The number of halogens is 1. The van der Waals surface area contributed by atoms with Gasteiger partial charge in [0.05, 0.1) is 18.9 Å². The van der Waals surface area contributed by atoms with Gasteiger partial charge in [-0.25, -0.2) is 14.4 Å². The molecule has 1 saturated heterocycles. The van der Waals surface area contributed by atoms with Crippen LogP contribution in [0.3, 0.4) is 0 Å². The van der Waals surface area contributed by atoms with Gasteiger partial charge in [-0.1, -0.05) is 17.7 Å². The molecule has 4 N–H and O–H groups in total. The maximum atomic E-state index is 12.3. The minimum atomic E-state index is -0.526. The molecule has 0 saturated carbocycles. The predicted octanol–water partition coefficient (Wildman–Crippen LogP) is 4.09. The number of rotatable bonds is 10. The molecule has 10 nitrogen and oxygen atoms in total. The first kappa shape index (κ1) is 25.1. The highest BCUT2D eigenvalue weighted by atomic mass is 35.5. The van der Waals surface area contributed by atoms with Crippen LogP contribution in [0.15, 0.2) is 36.5 Å². The number of likely N-dealkylation sites (tertiary alicyclic amines) is 1. The molecule has 3 rings (SSSR count). The number of nitrogens with zero attached hydrogens (tertiary/aromatic N) is 3. The van der Waals surface area contributed by atoms with E-state index in [1.54, 1.807) is 24.3 Å². The number of aromatic nitrogens is 1. The van der Waals surface area contributed by atoms with Gasteiger partial charge in [0.15, 0.2) is 0 Å². The smallest absolute Gasteiger partial charge is 0.324 e. The van der Waals surface area contributed by atoms with Gasteiger partial charge in [-0.15, -0.1) is 0 Å². The molecule has 0 aliphatic carbocycles. The van der Waals surface area contributed by atoms with Crippen molar-refractivity contribution in [1.82, 2.24) is 20.5 Å². The molecule has 180 valence electrons. The average molecular weight is 486 g/mol. The number of ether oxygens (including phenoxy) is 1. The summed E-state index contributed by atoms with van der Waals surface area (Å²) >= 11 is 6.07. The molecule has 1 aliphatic heterocycles. The van der Waals surface area contributed by atoms with E-state index < -0.39 is 6.03 Å². The van der Waals surface area contributed by atoms with Crippen molar-refractivity contribution in [2.75, 3.05) is 50.0 Å². The topological polar surface area (TPSA) is 112 Å². The molecule has 2 aromatic rings. The van der Waals surface area contributed by atoms with E-state index in [1.807, 2.05) is 0 Å². The Morgan fingerprint density at radius 2 is 1.88 bits per heavy atom. The van der Waals surface area contributed by atoms with Gasteiger partial charge in [0, 0.05) is 30.9 Å². The highest BCUT2D eigenvalue weighted by Crippen LogP contribution is 2.28. The fraction of sp³-hybridized carbons (Fsp3) is 0.391. The highest BCUT2D eigenvalue weighted by Gasteiger charge is 2.12. The minimum absolute atomic E-state index is 0.192. The molecular formula is C23H28ClN7O3. The van der Waals surface area contributed by atoms with Gasteiger partial charge >= 0.3 is 12.1 Å². The lowest BCUT2D eigenvalue weighted by molar-refractivity contribution is 0.236. The Bertz CT molecular complexity index is 1000. The Kier molecular flexibility index (Phi) is 9.76. The fourth-order valence-corrected chi connectivity index (χ4v) is 3.55. The Labute approximate surface area is 203 Å². The number of carbonyl (C=O) groups is 2. The van der Waals surface area contributed by atoms with E-state index in [4.69, 9.17) is 22.9 Å². The largest absolute Gasteiger partial charge is 0.491 e. The van der Waals surface area contributed by atoms with Crippen LogP contribution in [0.25, 0.3) is 4.85 Å². The number of benzene rings is 1. The first-order valence-electron chi connectivity index (χ1n) is 11.1. The van der Waals surface area contributed by atoms with Crippen LogP contribution in [0.1, 0.15) is 19.3 Å². The summed E-state index contributed by atoms with van der Waals surface area (Å²) in [6, 6.07) is 7.29. The number of carbonyl (C=O) groups excluding carboxylic acids is 2. The minimum Gasteiger partial charge on any atom is -0.491 e. The highest BCUT2D eigenvalue weighted by molar-refractivity contribution is 6.31. The molecule has 1 aliphatic rings. The van der Waals surface area contributed by atoms with Gasteiger partial charge in [0.2, 0.25) is 5.69 Å². The van der Waals surface area contributed by atoms with E-state index >= 15 is 0 Å². The molecule has 2 heterocycles. The van der Waals surface area contributed by atoms with Crippen molar-refractivity contribution in [2.45, 2.75) is 19.3 Å². The van der Waals surface area contributed by atoms with Gasteiger partial charge in [-0.2, -0.15) is 0 Å². The maximum Gasteiger partial charge on any atom is 0.324 e. The molecule has 34 heavy (non-hydrogen) atoms. The van der Waals surface area contributed by atoms with Crippen LogP contribution in [0, 0.1) is 6.57 Å². The standard InChI is InChI=1S/C23H28ClN7O3/c1-25-18-6-8-21(28-16-18)30-23(33)29-19-15-17(24)5-7-20(19)34-14-4-9-26-22(32)27-10-13-31-11-2-3-12-31/h5-8,15-16H,2-4,9-14H2,(H2,26,27,32)(H2,28,29,30,33). The van der Waals surface area contributed by atoms with E-state index in [-0.39, 0.29) is 6.03 Å². The van der Waals surface area contributed by atoms with Gasteiger partial charge in [0.25, 0.3) is 0 Å². The number of hydrogen-bond acceptors (Lipinski definition) is 5. The van der Waals surface area contributed by atoms with E-state index in [0.717, 1.165) is 19.6 Å². The lowest BCUT2D eigenvalue weighted by Gasteiger charge is -2.15. The van der Waals surface area contributed by atoms with Gasteiger partial charge < -0.3 is 25.6 Å². The van der Waals surface area contributed by atoms with Crippen molar-refractivity contribution < 1.29 is 14.3 Å². The molecule has 11 heteroatoms. The van der Waals surface area contributed by atoms with Gasteiger partial charge in [-0.05, 0) is 56.6 Å². The molecule has 0 bridgehead atoms. The number of hydrogen-bond donors (Lipinski definition) is 4. The molecule has 0 spiro atoms. The quantitative estimate of drug-likeness (QED) is 0.299. The van der Waals surface area contributed by atoms with Crippen LogP contribution < -0.4 is 26.0 Å².